The van der Waals surface area contributed by atoms with Gasteiger partial charge in [-0.25, -0.2) is 4.98 Å². The summed E-state index contributed by atoms with van der Waals surface area (Å²) in [6, 6.07) is 1.28. The van der Waals surface area contributed by atoms with Crippen molar-refractivity contribution in [1.29, 1.82) is 5.26 Å². The number of nitrogens with one attached hydrogen (secondary N) is 1. The van der Waals surface area contributed by atoms with Gasteiger partial charge in [0.15, 0.2) is 5.16 Å². The Hall–Kier alpha value is -2.76. The lowest BCUT2D eigenvalue weighted by Gasteiger charge is -2.30. The fraction of sp³-hybridized carbons (Fsp3) is 0.312. The lowest BCUT2D eigenvalue weighted by Crippen LogP contribution is -2.50. The summed E-state index contributed by atoms with van der Waals surface area (Å²) in [5.74, 6) is -13.2. The van der Waals surface area contributed by atoms with Crippen molar-refractivity contribution < 1.29 is 43.9 Å². The van der Waals surface area contributed by atoms with Crippen LogP contribution in [0, 0.1) is 11.3 Å². The molecule has 0 saturated heterocycles. The minimum atomic E-state index is -6.89. The van der Waals surface area contributed by atoms with Crippen molar-refractivity contribution in [3.8, 4) is 17.3 Å². The van der Waals surface area contributed by atoms with E-state index in [0.29, 0.717) is 6.07 Å². The monoisotopic (exact) mass is 479 g/mol. The van der Waals surface area contributed by atoms with Crippen LogP contribution in [0.2, 0.25) is 0 Å². The molecule has 2 aromatic rings. The lowest BCUT2D eigenvalue weighted by molar-refractivity contribution is -0.360. The van der Waals surface area contributed by atoms with Crippen LogP contribution >= 0.6 is 11.8 Å². The second-order valence-corrected chi connectivity index (χ2v) is 6.61. The third-order valence-corrected chi connectivity index (χ3v) is 4.47. The zero-order chi connectivity index (χ0) is 24.0. The van der Waals surface area contributed by atoms with Crippen LogP contribution in [-0.2, 0) is 12.1 Å². The van der Waals surface area contributed by atoms with E-state index < -0.39 is 57.7 Å². The number of aromatic amines is 1. The first kappa shape index (κ1) is 24.5. The number of alkyl halides is 10. The first-order chi connectivity index (χ1) is 14.0. The van der Waals surface area contributed by atoms with Crippen LogP contribution in [0.1, 0.15) is 16.7 Å². The number of rotatable bonds is 4. The quantitative estimate of drug-likeness (QED) is 0.365. The number of H-pyrrole nitrogens is 1. The first-order valence-electron chi connectivity index (χ1n) is 7.62. The van der Waals surface area contributed by atoms with Crippen molar-refractivity contribution in [2.24, 2.45) is 0 Å². The molecule has 15 heteroatoms. The summed E-state index contributed by atoms with van der Waals surface area (Å²) in [6.45, 7) is 0. The summed E-state index contributed by atoms with van der Waals surface area (Å²) in [7, 11) is 0. The Labute approximate surface area is 169 Å². The summed E-state index contributed by atoms with van der Waals surface area (Å²) in [6.07, 6.45) is -11.3. The van der Waals surface area contributed by atoms with Gasteiger partial charge >= 0.3 is 24.2 Å². The number of thioether (sulfide) groups is 1. The van der Waals surface area contributed by atoms with Gasteiger partial charge in [-0.2, -0.15) is 49.2 Å². The van der Waals surface area contributed by atoms with Gasteiger partial charge in [0.2, 0.25) is 0 Å². The molecule has 0 atom stereocenters. The zero-order valence-electron chi connectivity index (χ0n) is 14.7. The average molecular weight is 479 g/mol. The molecule has 0 unspecified atom stereocenters. The molecule has 0 bridgehead atoms. The largest absolute Gasteiger partial charge is 0.460 e. The van der Waals surface area contributed by atoms with Crippen molar-refractivity contribution in [2.75, 3.05) is 6.26 Å². The number of hydrogen-bond acceptors (Lipinski definition) is 4. The van der Waals surface area contributed by atoms with Gasteiger partial charge in [0.05, 0.1) is 11.3 Å². The SMILES string of the molecule is CSc1nc(-c2ccc(C(F)(F)F)c(C(F)(F)C(F)(F)C(F)(F)F)c2)c(C#N)c(=O)[nH]1. The molecule has 0 radical (unpaired) electrons. The van der Waals surface area contributed by atoms with Gasteiger partial charge in [-0.05, 0) is 18.4 Å². The predicted octanol–water partition coefficient (Wildman–Crippen LogP) is 5.34. The fourth-order valence-corrected chi connectivity index (χ4v) is 2.78. The maximum atomic E-state index is 14.2. The van der Waals surface area contributed by atoms with E-state index in [2.05, 4.69) is 9.97 Å². The van der Waals surface area contributed by atoms with Gasteiger partial charge in [-0.1, -0.05) is 17.8 Å². The molecule has 1 heterocycles. The maximum absolute atomic E-state index is 14.2. The van der Waals surface area contributed by atoms with Gasteiger partial charge < -0.3 is 4.98 Å². The van der Waals surface area contributed by atoms with E-state index in [0.717, 1.165) is 11.8 Å². The molecule has 31 heavy (non-hydrogen) atoms. The van der Waals surface area contributed by atoms with Crippen LogP contribution in [0.15, 0.2) is 28.2 Å². The zero-order valence-corrected chi connectivity index (χ0v) is 15.5. The molecule has 4 nitrogen and oxygen atoms in total. The van der Waals surface area contributed by atoms with E-state index in [1.807, 2.05) is 0 Å². The van der Waals surface area contributed by atoms with Gasteiger partial charge in [0.1, 0.15) is 11.6 Å². The van der Waals surface area contributed by atoms with E-state index in [4.69, 9.17) is 5.26 Å². The molecule has 0 fully saturated rings. The summed E-state index contributed by atoms with van der Waals surface area (Å²) < 4.78 is 132. The number of benzene rings is 1. The van der Waals surface area contributed by atoms with Crippen LogP contribution in [0.25, 0.3) is 11.3 Å². The Morgan fingerprint density at radius 3 is 2.03 bits per heavy atom. The molecule has 168 valence electrons. The molecule has 0 aliphatic heterocycles. The molecular weight excluding hydrogens is 472 g/mol. The van der Waals surface area contributed by atoms with Gasteiger partial charge in [-0.3, -0.25) is 4.79 Å². The molecule has 0 amide bonds. The summed E-state index contributed by atoms with van der Waals surface area (Å²) >= 11 is 0.763. The van der Waals surface area contributed by atoms with Crippen LogP contribution in [0.4, 0.5) is 43.9 Å². The number of halogens is 10. The van der Waals surface area contributed by atoms with Crippen molar-refractivity contribution in [1.82, 2.24) is 9.97 Å². The number of aromatic nitrogens is 2. The smallest absolute Gasteiger partial charge is 0.300 e. The summed E-state index contributed by atoms with van der Waals surface area (Å²) in [4.78, 5) is 17.7. The molecule has 1 aromatic heterocycles. The van der Waals surface area contributed by atoms with Gasteiger partial charge in [-0.15, -0.1) is 0 Å². The Morgan fingerprint density at radius 1 is 1.00 bits per heavy atom. The second-order valence-electron chi connectivity index (χ2n) is 5.82. The van der Waals surface area contributed by atoms with E-state index >= 15 is 0 Å². The van der Waals surface area contributed by atoms with Crippen LogP contribution in [0.3, 0.4) is 0 Å². The van der Waals surface area contributed by atoms with Crippen molar-refractivity contribution in [2.45, 2.75) is 29.4 Å². The minimum Gasteiger partial charge on any atom is -0.300 e. The highest BCUT2D eigenvalue weighted by Gasteiger charge is 2.74. The highest BCUT2D eigenvalue weighted by molar-refractivity contribution is 7.98. The lowest BCUT2D eigenvalue weighted by atomic mass is 9.92. The van der Waals surface area contributed by atoms with Crippen LogP contribution in [0.5, 0.6) is 0 Å². The summed E-state index contributed by atoms with van der Waals surface area (Å²) in [5, 5.41) is 8.83. The van der Waals surface area contributed by atoms with E-state index in [1.165, 1.54) is 12.3 Å². The Balaban J connectivity index is 2.93. The number of hydrogen-bond donors (Lipinski definition) is 1. The number of nitriles is 1. The third-order valence-electron chi connectivity index (χ3n) is 3.89. The topological polar surface area (TPSA) is 69.5 Å². The Bertz CT molecular complexity index is 1100. The Morgan fingerprint density at radius 2 is 1.58 bits per heavy atom. The molecule has 0 aliphatic rings. The number of nitrogens with zero attached hydrogens (tertiary/aromatic N) is 2. The van der Waals surface area contributed by atoms with Crippen molar-refractivity contribution in [3.05, 3.63) is 45.2 Å². The molecule has 1 N–H and O–H groups in total. The molecular formula is C16H7F10N3OS. The molecule has 0 aliphatic carbocycles. The molecule has 1 aromatic carbocycles. The van der Waals surface area contributed by atoms with E-state index in [9.17, 15) is 48.7 Å². The fourth-order valence-electron chi connectivity index (χ4n) is 2.41. The minimum absolute atomic E-state index is 0.159. The van der Waals surface area contributed by atoms with Crippen LogP contribution in [-0.4, -0.2) is 28.3 Å². The highest BCUT2D eigenvalue weighted by atomic mass is 32.2. The van der Waals surface area contributed by atoms with Crippen molar-refractivity contribution in [3.63, 3.8) is 0 Å². The van der Waals surface area contributed by atoms with Gasteiger partial charge in [0.25, 0.3) is 5.56 Å². The Kier molecular flexibility index (Phi) is 6.12. The molecule has 2 rings (SSSR count). The van der Waals surface area contributed by atoms with Crippen molar-refractivity contribution >= 4 is 11.8 Å². The standard InChI is InChI=1S/C16H7F10N3OS/c1-31-12-28-10(7(5-27)11(30)29-12)6-2-3-8(14(19,20)21)9(4-6)13(17,18)15(22,23)16(24,25)26/h2-4H,1H3,(H,28,29,30). The first-order valence-corrected chi connectivity index (χ1v) is 8.84. The highest BCUT2D eigenvalue weighted by Crippen LogP contribution is 2.54. The predicted molar refractivity (Wildman–Crippen MR) is 86.7 cm³/mol. The molecule has 0 spiro atoms. The molecule has 0 saturated carbocycles. The van der Waals surface area contributed by atoms with E-state index in [-0.39, 0.29) is 17.3 Å². The van der Waals surface area contributed by atoms with E-state index in [1.54, 1.807) is 0 Å². The summed E-state index contributed by atoms with van der Waals surface area (Å²) in [5.41, 5.74) is -8.83. The van der Waals surface area contributed by atoms with Gasteiger partial charge in [0, 0.05) is 11.1 Å². The van der Waals surface area contributed by atoms with Crippen LogP contribution < -0.4 is 5.56 Å². The normalized spacial score (nSPS) is 13.2. The second kappa shape index (κ2) is 7.74. The third kappa shape index (κ3) is 4.21. The maximum Gasteiger partial charge on any atom is 0.460 e. The average Bonchev–Trinajstić information content (AvgIpc) is 2.65.